The zero-order valence-electron chi connectivity index (χ0n) is 44.6. The molecule has 6 atom stereocenters. The van der Waals surface area contributed by atoms with E-state index in [0.29, 0.717) is 74.1 Å². The molecule has 81 heavy (non-hydrogen) atoms. The van der Waals surface area contributed by atoms with Crippen LogP contribution in [0.4, 0.5) is 59.3 Å². The van der Waals surface area contributed by atoms with Crippen LogP contribution in [0.25, 0.3) is 11.1 Å². The van der Waals surface area contributed by atoms with Crippen LogP contribution in [0.2, 0.25) is 0 Å². The molecule has 4 aromatic rings. The Hall–Kier alpha value is -7.22. The van der Waals surface area contributed by atoms with Crippen molar-refractivity contribution in [3.05, 3.63) is 101 Å². The maximum Gasteiger partial charge on any atom is 0.407 e. The highest BCUT2D eigenvalue weighted by atomic mass is 19.4. The number of hydrogen-bond donors (Lipinski definition) is 5. The molecule has 0 aliphatic carbocycles. The van der Waals surface area contributed by atoms with E-state index in [1.165, 1.54) is 12.1 Å². The van der Waals surface area contributed by atoms with E-state index in [9.17, 15) is 59.4 Å². The molecule has 3 saturated heterocycles. The Labute approximate surface area is 458 Å². The number of piperazine rings is 1. The number of anilines is 1. The first-order chi connectivity index (χ1) is 38.0. The van der Waals surface area contributed by atoms with Crippen molar-refractivity contribution in [2.75, 3.05) is 51.9 Å². The summed E-state index contributed by atoms with van der Waals surface area (Å²) < 4.78 is 161. The summed E-state index contributed by atoms with van der Waals surface area (Å²) in [7, 11) is 1.79. The molecule has 7 rings (SSSR count). The maximum atomic E-state index is 16.0. The minimum absolute atomic E-state index is 0.176. The van der Waals surface area contributed by atoms with Crippen molar-refractivity contribution in [2.24, 2.45) is 10.8 Å². The number of carbonyl (C=O) groups excluding carboxylic acids is 4. The van der Waals surface area contributed by atoms with Crippen molar-refractivity contribution in [3.63, 3.8) is 0 Å². The van der Waals surface area contributed by atoms with E-state index in [-0.39, 0.29) is 21.4 Å². The lowest BCUT2D eigenvalue weighted by molar-refractivity contribution is -0.239. The SMILES string of the molecule is CNC(=O)O[C@H](C(=O)NN(Cc1c(F)cc(-c2cnn(C(F)F)c2)cc1F)C[C@H](O)[C@H](Cc1ccc(C#Cc2ccc(N3C[C@@H]4CC[C@@H](C3)N4C3COC3)nc2)cc1)NC(=O)[C@@H](NC(=O)OC)C(C)(C)C(F)(F)F)C(C)(C)C(F)(F)F. The number of methoxy groups -OCH3 is 1. The van der Waals surface area contributed by atoms with Gasteiger partial charge in [0.05, 0.1) is 50.1 Å². The molecule has 0 saturated carbocycles. The Kier molecular flexibility index (Phi) is 18.9. The molecule has 3 aliphatic heterocycles. The van der Waals surface area contributed by atoms with Gasteiger partial charge in [0.1, 0.15) is 28.9 Å². The van der Waals surface area contributed by atoms with Gasteiger partial charge in [-0.2, -0.15) is 40.2 Å². The van der Waals surface area contributed by atoms with Gasteiger partial charge in [0.25, 0.3) is 5.91 Å². The molecular weight excluding hydrogens is 1090 g/mol. The second kappa shape index (κ2) is 24.9. The fourth-order valence-electron chi connectivity index (χ4n) is 9.61. The number of nitrogens with one attached hydrogen (secondary N) is 4. The molecule has 18 nitrogen and oxygen atoms in total. The normalized spacial score (nSPS) is 18.5. The van der Waals surface area contributed by atoms with E-state index in [4.69, 9.17) is 9.47 Å². The predicted molar refractivity (Wildman–Crippen MR) is 269 cm³/mol. The standard InChI is InChI=1S/C53H60F10N10O8/c1-50(2,52(58,59)60)43(68-49(78)79-6)45(75)67-40(17-30-10-7-29(8-11-30)9-12-31-13-16-42(65-20-31)70-23-34-14-15-35(24-70)73(34)36-27-80-28-36)41(74)26-71(69-46(76)44(81-48(77)64-5)51(3,4)53(61,62)63)25-37-38(54)18-32(19-39(37)55)33-21-66-72(22-33)47(56)57/h7-8,10-11,13,16,18-22,34-36,40-41,43-44,47,74H,14-15,17,23-28H2,1-6H3,(H,64,77)(H,67,75)(H,68,78)(H,69,76)/t34-,35-,40-,41-,43+,44+/m0/s1. The number of rotatable bonds is 19. The number of benzene rings is 2. The minimum Gasteiger partial charge on any atom is -0.453 e. The molecule has 3 aliphatic rings. The van der Waals surface area contributed by atoms with Crippen LogP contribution in [0.15, 0.2) is 67.1 Å². The molecule has 0 radical (unpaired) electrons. The fourth-order valence-corrected chi connectivity index (χ4v) is 9.61. The van der Waals surface area contributed by atoms with Crippen molar-refractivity contribution in [3.8, 4) is 23.0 Å². The number of carbonyl (C=O) groups is 4. The van der Waals surface area contributed by atoms with E-state index in [1.54, 1.807) is 18.3 Å². The van der Waals surface area contributed by atoms with E-state index in [1.807, 2.05) is 28.2 Å². The first-order valence-electron chi connectivity index (χ1n) is 25.4. The molecule has 2 aromatic heterocycles. The predicted octanol–water partition coefficient (Wildman–Crippen LogP) is 6.62. The van der Waals surface area contributed by atoms with Gasteiger partial charge in [0.15, 0.2) is 6.10 Å². The number of alkyl halides is 8. The number of aliphatic hydroxyl groups is 1. The Morgan fingerprint density at radius 1 is 0.815 bits per heavy atom. The highest BCUT2D eigenvalue weighted by Gasteiger charge is 2.58. The third-order valence-electron chi connectivity index (χ3n) is 14.7. The second-order valence-electron chi connectivity index (χ2n) is 21.0. The topological polar surface area (TPSA) is 205 Å². The third-order valence-corrected chi connectivity index (χ3v) is 14.7. The molecule has 5 heterocycles. The number of fused-ring (bicyclic) bond motifs is 2. The largest absolute Gasteiger partial charge is 0.453 e. The van der Waals surface area contributed by atoms with Gasteiger partial charge in [-0.1, -0.05) is 24.0 Å². The number of amides is 4. The van der Waals surface area contributed by atoms with Crippen molar-refractivity contribution in [2.45, 2.75) is 115 Å². The number of hydrogen-bond acceptors (Lipinski definition) is 13. The van der Waals surface area contributed by atoms with Crippen molar-refractivity contribution >= 4 is 29.8 Å². The highest BCUT2D eigenvalue weighted by Crippen LogP contribution is 2.43. The van der Waals surface area contributed by atoms with Crippen LogP contribution in [0.3, 0.4) is 0 Å². The lowest BCUT2D eigenvalue weighted by Gasteiger charge is -2.47. The number of pyridine rings is 1. The summed E-state index contributed by atoms with van der Waals surface area (Å²) in [4.78, 5) is 62.4. The molecule has 5 N–H and O–H groups in total. The zero-order chi connectivity index (χ0) is 59.4. The number of aliphatic hydroxyl groups excluding tert-OH is 1. The molecule has 4 amide bonds. The average molecular weight is 1160 g/mol. The van der Waals surface area contributed by atoms with Gasteiger partial charge in [-0.05, 0) is 94.5 Å². The molecule has 0 spiro atoms. The number of aromatic nitrogens is 3. The summed E-state index contributed by atoms with van der Waals surface area (Å²) in [6.07, 6.45) is -13.3. The van der Waals surface area contributed by atoms with Gasteiger partial charge in [-0.25, -0.2) is 33.0 Å². The summed E-state index contributed by atoms with van der Waals surface area (Å²) in [5, 5.41) is 22.0. The second-order valence-corrected chi connectivity index (χ2v) is 21.0. The molecule has 2 aromatic carbocycles. The lowest BCUT2D eigenvalue weighted by Crippen LogP contribution is -2.62. The molecule has 440 valence electrons. The van der Waals surface area contributed by atoms with E-state index >= 15 is 8.78 Å². The number of alkyl carbamates (subject to hydrolysis) is 2. The number of hydrazine groups is 1. The molecule has 28 heteroatoms. The van der Waals surface area contributed by atoms with Crippen LogP contribution in [0.5, 0.6) is 0 Å². The van der Waals surface area contributed by atoms with Gasteiger partial charge in [0.2, 0.25) is 5.91 Å². The van der Waals surface area contributed by atoms with Gasteiger partial charge < -0.3 is 40.2 Å². The smallest absolute Gasteiger partial charge is 0.407 e. The van der Waals surface area contributed by atoms with Crippen molar-refractivity contribution in [1.29, 1.82) is 0 Å². The quantitative estimate of drug-likeness (QED) is 0.0381. The summed E-state index contributed by atoms with van der Waals surface area (Å²) in [6.45, 7) is -0.0484. The third kappa shape index (κ3) is 14.3. The van der Waals surface area contributed by atoms with Crippen molar-refractivity contribution in [1.82, 2.24) is 46.0 Å². The lowest BCUT2D eigenvalue weighted by atomic mass is 9.82. The Bertz CT molecular complexity index is 2910. The van der Waals surface area contributed by atoms with E-state index in [2.05, 4.69) is 41.8 Å². The summed E-state index contributed by atoms with van der Waals surface area (Å²) in [5.74, 6) is 0.725. The number of halogens is 10. The van der Waals surface area contributed by atoms with Gasteiger partial charge >= 0.3 is 31.1 Å². The Morgan fingerprint density at radius 3 is 1.94 bits per heavy atom. The van der Waals surface area contributed by atoms with Gasteiger partial charge in [0, 0.05) is 80.0 Å². The van der Waals surface area contributed by atoms with Gasteiger partial charge in [-0.3, -0.25) is 19.9 Å². The van der Waals surface area contributed by atoms with Crippen molar-refractivity contribution < 1.29 is 82.4 Å². The van der Waals surface area contributed by atoms with Crippen LogP contribution < -0.4 is 26.3 Å². The first-order valence-corrected chi connectivity index (χ1v) is 25.4. The first kappa shape index (κ1) is 61.4. The summed E-state index contributed by atoms with van der Waals surface area (Å²) in [6, 6.07) is 8.19. The van der Waals surface area contributed by atoms with Gasteiger partial charge in [-0.15, -0.1) is 0 Å². The van der Waals surface area contributed by atoms with E-state index < -0.39 is 115 Å². The monoisotopic (exact) mass is 1150 g/mol. The molecule has 2 bridgehead atoms. The molecule has 3 fully saturated rings. The van der Waals surface area contributed by atoms with Crippen LogP contribution >= 0.6 is 0 Å². The Balaban J connectivity index is 1.18. The van der Waals surface area contributed by atoms with E-state index in [0.717, 1.165) is 71.5 Å². The summed E-state index contributed by atoms with van der Waals surface area (Å²) >= 11 is 0. The zero-order valence-corrected chi connectivity index (χ0v) is 44.6. The van der Waals surface area contributed by atoms with Crippen LogP contribution in [0.1, 0.15) is 69.3 Å². The Morgan fingerprint density at radius 2 is 1.42 bits per heavy atom. The number of ether oxygens (including phenoxy) is 3. The fraction of sp³-hybridized carbons (Fsp3) is 0.509. The average Bonchev–Trinajstić information content (AvgIpc) is 4.01. The highest BCUT2D eigenvalue weighted by molar-refractivity contribution is 5.87. The molecule has 0 unspecified atom stereocenters. The maximum absolute atomic E-state index is 16.0. The minimum atomic E-state index is -5.26. The number of nitrogens with zero attached hydrogens (tertiary/aromatic N) is 6. The summed E-state index contributed by atoms with van der Waals surface area (Å²) in [5.41, 5.74) is -4.34. The van der Waals surface area contributed by atoms with Crippen LogP contribution in [-0.4, -0.2) is 156 Å². The van der Waals surface area contributed by atoms with Crippen LogP contribution in [-0.2, 0) is 36.8 Å². The van der Waals surface area contributed by atoms with Crippen LogP contribution in [0, 0.1) is 34.3 Å². The molecular formula is C53H60F10N10O8.